The lowest BCUT2D eigenvalue weighted by Crippen LogP contribution is -2.49. The van der Waals surface area contributed by atoms with Crippen molar-refractivity contribution in [3.8, 4) is 5.75 Å². The molecule has 2 rings (SSSR count). The molecular weight excluding hydrogens is 292 g/mol. The number of aromatic hydroxyl groups is 1. The summed E-state index contributed by atoms with van der Waals surface area (Å²) in [6, 6.07) is 4.80. The SMILES string of the molecule is CC(C)(C)OC(=O)N1CCNC(c2c(O)cccc2Cl)C1. The maximum absolute atomic E-state index is 12.1. The van der Waals surface area contributed by atoms with Crippen molar-refractivity contribution in [1.29, 1.82) is 0 Å². The summed E-state index contributed by atoms with van der Waals surface area (Å²) in [5.41, 5.74) is 0.0942. The summed E-state index contributed by atoms with van der Waals surface area (Å²) in [5, 5.41) is 13.8. The first-order valence-corrected chi connectivity index (χ1v) is 7.34. The molecule has 1 aromatic carbocycles. The highest BCUT2D eigenvalue weighted by Crippen LogP contribution is 2.32. The first kappa shape index (κ1) is 15.9. The molecule has 116 valence electrons. The molecule has 0 aromatic heterocycles. The number of rotatable bonds is 1. The van der Waals surface area contributed by atoms with Gasteiger partial charge < -0.3 is 20.1 Å². The van der Waals surface area contributed by atoms with Crippen LogP contribution in [0.4, 0.5) is 4.79 Å². The number of hydrogen-bond donors (Lipinski definition) is 2. The van der Waals surface area contributed by atoms with Gasteiger partial charge in [0.2, 0.25) is 0 Å². The minimum Gasteiger partial charge on any atom is -0.508 e. The minimum atomic E-state index is -0.524. The number of ether oxygens (including phenoxy) is 1. The van der Waals surface area contributed by atoms with Crippen LogP contribution in [0.2, 0.25) is 5.02 Å². The van der Waals surface area contributed by atoms with Crippen LogP contribution in [0.25, 0.3) is 0 Å². The summed E-state index contributed by atoms with van der Waals surface area (Å²) >= 11 is 6.16. The molecule has 0 saturated carbocycles. The quantitative estimate of drug-likeness (QED) is 0.837. The molecule has 1 aromatic rings. The molecule has 0 aliphatic carbocycles. The van der Waals surface area contributed by atoms with Crippen molar-refractivity contribution in [3.63, 3.8) is 0 Å². The van der Waals surface area contributed by atoms with E-state index in [9.17, 15) is 9.90 Å². The molecule has 1 unspecified atom stereocenters. The van der Waals surface area contributed by atoms with E-state index in [1.165, 1.54) is 0 Å². The second-order valence-corrected chi connectivity index (χ2v) is 6.51. The van der Waals surface area contributed by atoms with Gasteiger partial charge in [-0.1, -0.05) is 17.7 Å². The Kier molecular flexibility index (Phi) is 4.64. The minimum absolute atomic E-state index is 0.131. The van der Waals surface area contributed by atoms with Crippen molar-refractivity contribution >= 4 is 17.7 Å². The monoisotopic (exact) mass is 312 g/mol. The van der Waals surface area contributed by atoms with Gasteiger partial charge in [0.05, 0.1) is 6.04 Å². The number of amides is 1. The highest BCUT2D eigenvalue weighted by Gasteiger charge is 2.30. The molecule has 0 radical (unpaired) electrons. The normalized spacial score (nSPS) is 19.4. The molecule has 1 atom stereocenters. The fourth-order valence-corrected chi connectivity index (χ4v) is 2.61. The molecule has 1 fully saturated rings. The number of benzene rings is 1. The van der Waals surface area contributed by atoms with E-state index >= 15 is 0 Å². The molecule has 1 aliphatic heterocycles. The molecule has 0 bridgehead atoms. The number of carbonyl (C=O) groups excluding carboxylic acids is 1. The van der Waals surface area contributed by atoms with Crippen LogP contribution in [0, 0.1) is 0 Å². The lowest BCUT2D eigenvalue weighted by atomic mass is 10.0. The maximum Gasteiger partial charge on any atom is 0.410 e. The van der Waals surface area contributed by atoms with E-state index in [1.54, 1.807) is 23.1 Å². The predicted molar refractivity (Wildman–Crippen MR) is 81.7 cm³/mol. The van der Waals surface area contributed by atoms with Crippen molar-refractivity contribution in [2.75, 3.05) is 19.6 Å². The summed E-state index contributed by atoms with van der Waals surface area (Å²) in [6.07, 6.45) is -0.347. The number of carbonyl (C=O) groups is 1. The zero-order valence-electron chi connectivity index (χ0n) is 12.5. The second-order valence-electron chi connectivity index (χ2n) is 6.11. The molecule has 21 heavy (non-hydrogen) atoms. The number of halogens is 1. The predicted octanol–water partition coefficient (Wildman–Crippen LogP) is 2.93. The summed E-state index contributed by atoms with van der Waals surface area (Å²) in [5.74, 6) is 0.131. The topological polar surface area (TPSA) is 61.8 Å². The average molecular weight is 313 g/mol. The molecule has 1 amide bonds. The Morgan fingerprint density at radius 3 is 2.81 bits per heavy atom. The van der Waals surface area contributed by atoms with E-state index in [0.717, 1.165) is 0 Å². The Bertz CT molecular complexity index is 508. The number of piperazine rings is 1. The number of hydrogen-bond acceptors (Lipinski definition) is 4. The van der Waals surface area contributed by atoms with Crippen LogP contribution >= 0.6 is 11.6 Å². The lowest BCUT2D eigenvalue weighted by molar-refractivity contribution is 0.0194. The number of phenols is 1. The van der Waals surface area contributed by atoms with Crippen LogP contribution in [-0.4, -0.2) is 41.3 Å². The zero-order valence-corrected chi connectivity index (χ0v) is 13.3. The number of nitrogens with zero attached hydrogens (tertiary/aromatic N) is 1. The van der Waals surface area contributed by atoms with Crippen LogP contribution < -0.4 is 5.32 Å². The Labute approximate surface area is 129 Å². The van der Waals surface area contributed by atoms with Gasteiger partial charge in [-0.3, -0.25) is 0 Å². The molecular formula is C15H21ClN2O3. The van der Waals surface area contributed by atoms with Gasteiger partial charge in [-0.2, -0.15) is 0 Å². The van der Waals surface area contributed by atoms with Crippen LogP contribution in [0.5, 0.6) is 5.75 Å². The Morgan fingerprint density at radius 2 is 2.19 bits per heavy atom. The molecule has 1 saturated heterocycles. The fraction of sp³-hybridized carbons (Fsp3) is 0.533. The molecule has 1 heterocycles. The van der Waals surface area contributed by atoms with Crippen LogP contribution in [0.1, 0.15) is 32.4 Å². The van der Waals surface area contributed by atoms with Gasteiger partial charge in [0.15, 0.2) is 0 Å². The number of phenolic OH excluding ortho intramolecular Hbond substituents is 1. The summed E-state index contributed by atoms with van der Waals surface area (Å²) in [7, 11) is 0. The van der Waals surface area contributed by atoms with Gasteiger partial charge in [0.1, 0.15) is 11.4 Å². The van der Waals surface area contributed by atoms with Crippen molar-refractivity contribution in [2.24, 2.45) is 0 Å². The molecule has 2 N–H and O–H groups in total. The fourth-order valence-electron chi connectivity index (χ4n) is 2.31. The highest BCUT2D eigenvalue weighted by molar-refractivity contribution is 6.31. The first-order chi connectivity index (χ1) is 9.78. The van der Waals surface area contributed by atoms with Gasteiger partial charge in [-0.25, -0.2) is 4.79 Å². The van der Waals surface area contributed by atoms with Crippen molar-refractivity contribution in [2.45, 2.75) is 32.4 Å². The third-order valence-corrected chi connectivity index (χ3v) is 3.54. The Balaban J connectivity index is 2.13. The molecule has 0 spiro atoms. The van der Waals surface area contributed by atoms with Crippen molar-refractivity contribution in [1.82, 2.24) is 10.2 Å². The summed E-state index contributed by atoms with van der Waals surface area (Å²) in [4.78, 5) is 13.8. The first-order valence-electron chi connectivity index (χ1n) is 6.96. The van der Waals surface area contributed by atoms with E-state index in [2.05, 4.69) is 5.32 Å². The average Bonchev–Trinajstić information content (AvgIpc) is 2.37. The Hall–Kier alpha value is -1.46. The van der Waals surface area contributed by atoms with Crippen molar-refractivity contribution < 1.29 is 14.6 Å². The molecule has 6 heteroatoms. The van der Waals surface area contributed by atoms with Gasteiger partial charge in [0.25, 0.3) is 0 Å². The molecule has 1 aliphatic rings. The van der Waals surface area contributed by atoms with E-state index < -0.39 is 5.60 Å². The van der Waals surface area contributed by atoms with E-state index in [4.69, 9.17) is 16.3 Å². The maximum atomic E-state index is 12.1. The standard InChI is InChI=1S/C15H21ClN2O3/c1-15(2,3)21-14(20)18-8-7-17-11(9-18)13-10(16)5-4-6-12(13)19/h4-6,11,17,19H,7-9H2,1-3H3. The number of nitrogens with one attached hydrogen (secondary N) is 1. The highest BCUT2D eigenvalue weighted by atomic mass is 35.5. The van der Waals surface area contributed by atoms with Gasteiger partial charge in [-0.15, -0.1) is 0 Å². The van der Waals surface area contributed by atoms with E-state index in [0.29, 0.717) is 30.2 Å². The zero-order chi connectivity index (χ0) is 15.6. The van der Waals surface area contributed by atoms with Crippen molar-refractivity contribution in [3.05, 3.63) is 28.8 Å². The van der Waals surface area contributed by atoms with Gasteiger partial charge in [-0.05, 0) is 32.9 Å². The van der Waals surface area contributed by atoms with E-state index in [-0.39, 0.29) is 17.9 Å². The van der Waals surface area contributed by atoms with Crippen LogP contribution in [0.15, 0.2) is 18.2 Å². The third-order valence-electron chi connectivity index (χ3n) is 3.21. The Morgan fingerprint density at radius 1 is 1.48 bits per heavy atom. The van der Waals surface area contributed by atoms with Crippen LogP contribution in [-0.2, 0) is 4.74 Å². The smallest absolute Gasteiger partial charge is 0.410 e. The van der Waals surface area contributed by atoms with Gasteiger partial charge >= 0.3 is 6.09 Å². The molecule has 5 nitrogen and oxygen atoms in total. The summed E-state index contributed by atoms with van der Waals surface area (Å²) < 4.78 is 5.39. The largest absolute Gasteiger partial charge is 0.508 e. The second kappa shape index (κ2) is 6.12. The van der Waals surface area contributed by atoms with Crippen LogP contribution in [0.3, 0.4) is 0 Å². The summed E-state index contributed by atoms with van der Waals surface area (Å²) in [6.45, 7) is 7.11. The van der Waals surface area contributed by atoms with Gasteiger partial charge in [0, 0.05) is 30.2 Å². The third kappa shape index (κ3) is 4.02. The lowest BCUT2D eigenvalue weighted by Gasteiger charge is -2.35. The van der Waals surface area contributed by atoms with E-state index in [1.807, 2.05) is 20.8 Å².